The Hall–Kier alpha value is -0.930. The van der Waals surface area contributed by atoms with Crippen LogP contribution in [0.15, 0.2) is 18.2 Å². The van der Waals surface area contributed by atoms with E-state index in [1.54, 1.807) is 32.3 Å². The summed E-state index contributed by atoms with van der Waals surface area (Å²) in [4.78, 5) is 12.8. The number of ether oxygens (including phenoxy) is 1. The van der Waals surface area contributed by atoms with E-state index in [0.717, 1.165) is 0 Å². The first kappa shape index (κ1) is 13.1. The van der Waals surface area contributed by atoms with Gasteiger partial charge in [-0.2, -0.15) is 0 Å². The van der Waals surface area contributed by atoms with Gasteiger partial charge in [0.2, 0.25) is 5.91 Å². The van der Waals surface area contributed by atoms with Gasteiger partial charge in [0, 0.05) is 25.2 Å². The van der Waals surface area contributed by atoms with Crippen LogP contribution in [0.1, 0.15) is 6.42 Å². The summed E-state index contributed by atoms with van der Waals surface area (Å²) in [6.07, 6.45) is 0.315. The molecule has 1 amide bonds. The third kappa shape index (κ3) is 3.91. The second-order valence-electron chi connectivity index (χ2n) is 3.46. The highest BCUT2D eigenvalue weighted by Gasteiger charge is 2.06. The third-order valence-electron chi connectivity index (χ3n) is 1.97. The van der Waals surface area contributed by atoms with Gasteiger partial charge in [0.15, 0.2) is 0 Å². The van der Waals surface area contributed by atoms with Crippen molar-refractivity contribution in [3.05, 3.63) is 28.2 Å². The minimum absolute atomic E-state index is 0.0122. The van der Waals surface area contributed by atoms with E-state index >= 15 is 0 Å². The minimum Gasteiger partial charge on any atom is -0.491 e. The van der Waals surface area contributed by atoms with E-state index in [9.17, 15) is 4.79 Å². The fourth-order valence-electron chi connectivity index (χ4n) is 1.06. The third-order valence-corrected chi connectivity index (χ3v) is 2.51. The van der Waals surface area contributed by atoms with Crippen LogP contribution in [0.2, 0.25) is 10.0 Å². The molecule has 0 bridgehead atoms. The standard InChI is InChI=1S/C11H13Cl2NO2/c1-14(2)11(15)5-6-16-10-7-8(12)3-4-9(10)13/h3-4,7H,5-6H2,1-2H3. The summed E-state index contributed by atoms with van der Waals surface area (Å²) >= 11 is 11.7. The molecule has 0 aliphatic rings. The number of halogens is 2. The van der Waals surface area contributed by atoms with Gasteiger partial charge >= 0.3 is 0 Å². The van der Waals surface area contributed by atoms with Gasteiger partial charge in [-0.3, -0.25) is 4.79 Å². The molecule has 0 radical (unpaired) electrons. The van der Waals surface area contributed by atoms with Crippen molar-refractivity contribution in [2.24, 2.45) is 0 Å². The first-order chi connectivity index (χ1) is 7.50. The summed E-state index contributed by atoms with van der Waals surface area (Å²) in [5.41, 5.74) is 0. The first-order valence-corrected chi connectivity index (χ1v) is 5.54. The van der Waals surface area contributed by atoms with Gasteiger partial charge in [0.1, 0.15) is 5.75 Å². The average molecular weight is 262 g/mol. The van der Waals surface area contributed by atoms with E-state index in [2.05, 4.69) is 0 Å². The molecule has 3 nitrogen and oxygen atoms in total. The molecular formula is C11H13Cl2NO2. The Morgan fingerprint density at radius 3 is 2.69 bits per heavy atom. The average Bonchev–Trinajstić information content (AvgIpc) is 2.22. The second-order valence-corrected chi connectivity index (χ2v) is 4.31. The highest BCUT2D eigenvalue weighted by molar-refractivity contribution is 6.34. The molecule has 0 unspecified atom stereocenters. The second kappa shape index (κ2) is 5.97. The Morgan fingerprint density at radius 1 is 1.38 bits per heavy atom. The molecule has 0 saturated carbocycles. The maximum absolute atomic E-state index is 11.3. The van der Waals surface area contributed by atoms with Crippen LogP contribution in [0.4, 0.5) is 0 Å². The summed E-state index contributed by atoms with van der Waals surface area (Å²) < 4.78 is 5.37. The van der Waals surface area contributed by atoms with E-state index in [4.69, 9.17) is 27.9 Å². The molecule has 0 N–H and O–H groups in total. The fourth-order valence-corrected chi connectivity index (χ4v) is 1.39. The Bertz CT molecular complexity index is 380. The Balaban J connectivity index is 2.49. The summed E-state index contributed by atoms with van der Waals surface area (Å²) in [7, 11) is 3.41. The number of rotatable bonds is 4. The Kier molecular flexibility index (Phi) is 4.90. The smallest absolute Gasteiger partial charge is 0.225 e. The number of hydrogen-bond acceptors (Lipinski definition) is 2. The van der Waals surface area contributed by atoms with Crippen LogP contribution in [0.25, 0.3) is 0 Å². The Labute approximate surface area is 105 Å². The molecule has 0 fully saturated rings. The molecular weight excluding hydrogens is 249 g/mol. The zero-order valence-electron chi connectivity index (χ0n) is 9.17. The van der Waals surface area contributed by atoms with Gasteiger partial charge in [0.25, 0.3) is 0 Å². The Morgan fingerprint density at radius 2 is 2.06 bits per heavy atom. The molecule has 0 aliphatic carbocycles. The number of nitrogens with zero attached hydrogens (tertiary/aromatic N) is 1. The van der Waals surface area contributed by atoms with Crippen LogP contribution in [-0.4, -0.2) is 31.5 Å². The zero-order valence-corrected chi connectivity index (χ0v) is 10.7. The van der Waals surface area contributed by atoms with Crippen LogP contribution < -0.4 is 4.74 Å². The lowest BCUT2D eigenvalue weighted by Gasteiger charge is -2.11. The molecule has 5 heteroatoms. The van der Waals surface area contributed by atoms with E-state index < -0.39 is 0 Å². The van der Waals surface area contributed by atoms with Gasteiger partial charge < -0.3 is 9.64 Å². The van der Waals surface area contributed by atoms with Gasteiger partial charge in [-0.05, 0) is 12.1 Å². The van der Waals surface area contributed by atoms with Crippen LogP contribution >= 0.6 is 23.2 Å². The summed E-state index contributed by atoms with van der Waals surface area (Å²) in [5, 5.41) is 1.04. The van der Waals surface area contributed by atoms with Crippen molar-refractivity contribution in [3.63, 3.8) is 0 Å². The van der Waals surface area contributed by atoms with Crippen molar-refractivity contribution >= 4 is 29.1 Å². The number of carbonyl (C=O) groups is 1. The summed E-state index contributed by atoms with van der Waals surface area (Å²) in [5.74, 6) is 0.513. The lowest BCUT2D eigenvalue weighted by molar-refractivity contribution is -0.129. The van der Waals surface area contributed by atoms with Crippen LogP contribution in [0.3, 0.4) is 0 Å². The van der Waals surface area contributed by atoms with Crippen molar-refractivity contribution in [3.8, 4) is 5.75 Å². The van der Waals surface area contributed by atoms with Crippen LogP contribution in [0.5, 0.6) is 5.75 Å². The SMILES string of the molecule is CN(C)C(=O)CCOc1cc(Cl)ccc1Cl. The van der Waals surface area contributed by atoms with Gasteiger partial charge in [-0.15, -0.1) is 0 Å². The minimum atomic E-state index is 0.0122. The van der Waals surface area contributed by atoms with Gasteiger partial charge in [-0.1, -0.05) is 23.2 Å². The number of benzene rings is 1. The summed E-state index contributed by atoms with van der Waals surface area (Å²) in [6.45, 7) is 0.289. The lowest BCUT2D eigenvalue weighted by atomic mass is 10.3. The predicted molar refractivity (Wildman–Crippen MR) is 65.3 cm³/mol. The van der Waals surface area contributed by atoms with Crippen LogP contribution in [0, 0.1) is 0 Å². The van der Waals surface area contributed by atoms with Crippen molar-refractivity contribution in [2.45, 2.75) is 6.42 Å². The van der Waals surface area contributed by atoms with Crippen molar-refractivity contribution in [1.82, 2.24) is 4.90 Å². The molecule has 1 aromatic carbocycles. The number of carbonyl (C=O) groups excluding carboxylic acids is 1. The van der Waals surface area contributed by atoms with Crippen molar-refractivity contribution in [2.75, 3.05) is 20.7 Å². The van der Waals surface area contributed by atoms with Crippen molar-refractivity contribution < 1.29 is 9.53 Å². The van der Waals surface area contributed by atoms with Gasteiger partial charge in [0.05, 0.1) is 18.1 Å². The quantitative estimate of drug-likeness (QED) is 0.835. The van der Waals surface area contributed by atoms with E-state index in [0.29, 0.717) is 22.2 Å². The maximum Gasteiger partial charge on any atom is 0.225 e. The molecule has 0 aliphatic heterocycles. The molecule has 0 aromatic heterocycles. The van der Waals surface area contributed by atoms with E-state index in [-0.39, 0.29) is 12.5 Å². The van der Waals surface area contributed by atoms with Crippen molar-refractivity contribution in [1.29, 1.82) is 0 Å². The highest BCUT2D eigenvalue weighted by atomic mass is 35.5. The predicted octanol–water partition coefficient (Wildman–Crippen LogP) is 2.85. The molecule has 0 heterocycles. The maximum atomic E-state index is 11.3. The molecule has 0 spiro atoms. The summed E-state index contributed by atoms with van der Waals surface area (Å²) in [6, 6.07) is 4.97. The van der Waals surface area contributed by atoms with Gasteiger partial charge in [-0.25, -0.2) is 0 Å². The number of hydrogen-bond donors (Lipinski definition) is 0. The number of amides is 1. The first-order valence-electron chi connectivity index (χ1n) is 4.78. The molecule has 1 rings (SSSR count). The zero-order chi connectivity index (χ0) is 12.1. The monoisotopic (exact) mass is 261 g/mol. The fraction of sp³-hybridized carbons (Fsp3) is 0.364. The molecule has 0 atom stereocenters. The molecule has 88 valence electrons. The normalized spacial score (nSPS) is 10.0. The largest absolute Gasteiger partial charge is 0.491 e. The molecule has 0 saturated heterocycles. The highest BCUT2D eigenvalue weighted by Crippen LogP contribution is 2.27. The molecule has 1 aromatic rings. The van der Waals surface area contributed by atoms with Crippen LogP contribution in [-0.2, 0) is 4.79 Å². The topological polar surface area (TPSA) is 29.5 Å². The lowest BCUT2D eigenvalue weighted by Crippen LogP contribution is -2.23. The van der Waals surface area contributed by atoms with E-state index in [1.165, 1.54) is 4.90 Å². The molecule has 16 heavy (non-hydrogen) atoms. The van der Waals surface area contributed by atoms with E-state index in [1.807, 2.05) is 0 Å².